The van der Waals surface area contributed by atoms with Gasteiger partial charge in [-0.2, -0.15) is 0 Å². The van der Waals surface area contributed by atoms with Crippen LogP contribution < -0.4 is 10.1 Å². The normalized spacial score (nSPS) is 21.4. The summed E-state index contributed by atoms with van der Waals surface area (Å²) in [7, 11) is 9.97. The highest BCUT2D eigenvalue weighted by Gasteiger charge is 2.60. The standard InChI is InChI=1S/C27H30BF2N3O4.C2H6/c1-15-10-21(37-3)22(18-6-8-32-23(15)18)27(28,36)33-9-7-25(13-26(29,30)14-25)12-20(33)17-5-4-16(24(34)35)11-19(17)31-2;1-2/h4-6,8,10-11,20,31-32,36H,7,9,12-14H2,1-3H3,(H,34,35);1-2H3. The van der Waals surface area contributed by atoms with Gasteiger partial charge >= 0.3 is 5.97 Å². The number of rotatable bonds is 6. The molecule has 0 amide bonds. The summed E-state index contributed by atoms with van der Waals surface area (Å²) in [6.45, 7) is 6.19. The Morgan fingerprint density at radius 3 is 2.54 bits per heavy atom. The molecule has 2 radical (unpaired) electrons. The second kappa shape index (κ2) is 10.5. The highest BCUT2D eigenvalue weighted by atomic mass is 19.3. The van der Waals surface area contributed by atoms with Gasteiger partial charge in [-0.1, -0.05) is 19.9 Å². The van der Waals surface area contributed by atoms with Crippen LogP contribution in [0.15, 0.2) is 36.5 Å². The number of aliphatic hydroxyl groups is 1. The fraction of sp³-hybridized carbons (Fsp3) is 0.483. The highest BCUT2D eigenvalue weighted by Crippen LogP contribution is 2.62. The van der Waals surface area contributed by atoms with Crippen molar-refractivity contribution in [1.29, 1.82) is 0 Å². The Morgan fingerprint density at radius 2 is 1.95 bits per heavy atom. The Balaban J connectivity index is 0.00000172. The van der Waals surface area contributed by atoms with E-state index in [-0.39, 0.29) is 24.9 Å². The number of aromatic carboxylic acids is 1. The lowest BCUT2D eigenvalue weighted by molar-refractivity contribution is -0.202. The number of aromatic nitrogens is 1. The summed E-state index contributed by atoms with van der Waals surface area (Å²) in [5.41, 5.74) is 0.821. The second-order valence-electron chi connectivity index (χ2n) is 10.5. The third-order valence-corrected chi connectivity index (χ3v) is 8.11. The van der Waals surface area contributed by atoms with Crippen LogP contribution in [0.5, 0.6) is 5.75 Å². The number of carboxylic acids is 1. The van der Waals surface area contributed by atoms with Crippen molar-refractivity contribution < 1.29 is 28.5 Å². The molecule has 4 N–H and O–H groups in total. The molecule has 1 aromatic heterocycles. The number of hydrogen-bond donors (Lipinski definition) is 4. The average molecular weight is 539 g/mol. The third kappa shape index (κ3) is 5.00. The number of carboxylic acid groups (broad SMARTS) is 1. The summed E-state index contributed by atoms with van der Waals surface area (Å²) in [5.74, 6) is -3.37. The van der Waals surface area contributed by atoms with E-state index in [4.69, 9.17) is 12.6 Å². The van der Waals surface area contributed by atoms with Gasteiger partial charge in [0.25, 0.3) is 0 Å². The SMILES string of the molecule is CC.[B]C(O)(c1c(OC)cc(C)c2[nH]ccc12)N1CCC2(CC1c1ccc(C(=O)O)cc1NC)CC(F)(F)C2. The van der Waals surface area contributed by atoms with Gasteiger partial charge in [0.15, 0.2) is 0 Å². The molecule has 1 saturated carbocycles. The van der Waals surface area contributed by atoms with E-state index in [0.717, 1.165) is 11.1 Å². The molecular formula is C29H36BF2N3O4. The first kappa shape index (κ1) is 28.9. The molecule has 2 atom stereocenters. The molecule has 2 aliphatic rings. The number of fused-ring (bicyclic) bond motifs is 1. The number of ether oxygens (including phenoxy) is 1. The zero-order valence-electron chi connectivity index (χ0n) is 23.1. The van der Waals surface area contributed by atoms with Gasteiger partial charge in [-0.3, -0.25) is 4.90 Å². The molecule has 2 fully saturated rings. The number of nitrogens with zero attached hydrogens (tertiary/aromatic N) is 1. The summed E-state index contributed by atoms with van der Waals surface area (Å²) in [6.07, 6.45) is 2.12. The number of anilines is 1. The molecular weight excluding hydrogens is 503 g/mol. The van der Waals surface area contributed by atoms with Crippen molar-refractivity contribution in [1.82, 2.24) is 9.88 Å². The summed E-state index contributed by atoms with van der Waals surface area (Å²) in [4.78, 5) is 16.5. The van der Waals surface area contributed by atoms with Crippen molar-refractivity contribution in [3.05, 3.63) is 58.8 Å². The summed E-state index contributed by atoms with van der Waals surface area (Å²) >= 11 is 0. The highest BCUT2D eigenvalue weighted by molar-refractivity contribution is 6.16. The van der Waals surface area contributed by atoms with Gasteiger partial charge < -0.3 is 25.3 Å². The van der Waals surface area contributed by atoms with Crippen molar-refractivity contribution in [3.63, 3.8) is 0 Å². The summed E-state index contributed by atoms with van der Waals surface area (Å²) in [6, 6.07) is 7.74. The first-order chi connectivity index (χ1) is 18.4. The number of aryl methyl sites for hydroxylation is 1. The Labute approximate surface area is 229 Å². The van der Waals surface area contributed by atoms with Crippen LogP contribution in [0.1, 0.15) is 72.6 Å². The Kier molecular flexibility index (Phi) is 7.75. The number of aromatic amines is 1. The van der Waals surface area contributed by atoms with Crippen LogP contribution in [0.3, 0.4) is 0 Å². The van der Waals surface area contributed by atoms with Gasteiger partial charge in [0, 0.05) is 60.8 Å². The van der Waals surface area contributed by atoms with E-state index in [1.807, 2.05) is 26.8 Å². The molecule has 1 aliphatic carbocycles. The zero-order chi connectivity index (χ0) is 28.8. The number of hydrogen-bond acceptors (Lipinski definition) is 5. The lowest BCUT2D eigenvalue weighted by Gasteiger charge is -2.57. The topological polar surface area (TPSA) is 97.8 Å². The fourth-order valence-corrected chi connectivity index (χ4v) is 6.45. The van der Waals surface area contributed by atoms with E-state index < -0.39 is 29.0 Å². The lowest BCUT2D eigenvalue weighted by Crippen LogP contribution is -2.58. The van der Waals surface area contributed by atoms with Crippen molar-refractivity contribution in [2.45, 2.75) is 64.0 Å². The van der Waals surface area contributed by atoms with E-state index in [0.29, 0.717) is 40.8 Å². The third-order valence-electron chi connectivity index (χ3n) is 8.11. The van der Waals surface area contributed by atoms with E-state index in [1.54, 1.807) is 30.3 Å². The average Bonchev–Trinajstić information content (AvgIpc) is 3.38. The fourth-order valence-electron chi connectivity index (χ4n) is 6.45. The molecule has 1 aliphatic heterocycles. The summed E-state index contributed by atoms with van der Waals surface area (Å²) in [5, 5.41) is 25.3. The maximum absolute atomic E-state index is 14.1. The number of halogens is 2. The first-order valence-electron chi connectivity index (χ1n) is 13.3. The van der Waals surface area contributed by atoms with Crippen LogP contribution in [-0.2, 0) is 5.62 Å². The molecule has 5 rings (SSSR count). The molecule has 1 saturated heterocycles. The predicted molar refractivity (Wildman–Crippen MR) is 149 cm³/mol. The number of methoxy groups -OCH3 is 1. The van der Waals surface area contributed by atoms with Gasteiger partial charge in [-0.15, -0.1) is 0 Å². The van der Waals surface area contributed by atoms with E-state index in [1.165, 1.54) is 19.2 Å². The molecule has 0 bridgehead atoms. The molecule has 208 valence electrons. The van der Waals surface area contributed by atoms with Crippen molar-refractivity contribution in [2.24, 2.45) is 5.41 Å². The van der Waals surface area contributed by atoms with Crippen molar-refractivity contribution in [3.8, 4) is 5.75 Å². The number of likely N-dealkylation sites (tertiary alicyclic amines) is 1. The molecule has 7 nitrogen and oxygen atoms in total. The van der Waals surface area contributed by atoms with Crippen LogP contribution in [0.4, 0.5) is 14.5 Å². The van der Waals surface area contributed by atoms with Gasteiger partial charge in [-0.25, -0.2) is 13.6 Å². The number of nitrogens with one attached hydrogen (secondary N) is 2. The number of alkyl halides is 2. The number of piperidine rings is 1. The quantitative estimate of drug-likeness (QED) is 0.297. The van der Waals surface area contributed by atoms with Gasteiger partial charge in [0.2, 0.25) is 5.92 Å². The minimum absolute atomic E-state index is 0.0950. The molecule has 3 aromatic rings. The number of H-pyrrole nitrogens is 1. The van der Waals surface area contributed by atoms with Crippen LogP contribution in [0.2, 0.25) is 0 Å². The Hall–Kier alpha value is -3.11. The largest absolute Gasteiger partial charge is 0.496 e. The van der Waals surface area contributed by atoms with Gasteiger partial charge in [0.05, 0.1) is 12.7 Å². The van der Waals surface area contributed by atoms with Crippen LogP contribution in [0.25, 0.3) is 10.9 Å². The number of benzene rings is 2. The minimum Gasteiger partial charge on any atom is -0.496 e. The molecule has 39 heavy (non-hydrogen) atoms. The second-order valence-corrected chi connectivity index (χ2v) is 10.5. The van der Waals surface area contributed by atoms with E-state index in [2.05, 4.69) is 10.3 Å². The van der Waals surface area contributed by atoms with Crippen LogP contribution in [0, 0.1) is 12.3 Å². The van der Waals surface area contributed by atoms with Gasteiger partial charge in [0.1, 0.15) is 19.2 Å². The lowest BCUT2D eigenvalue weighted by atomic mass is 9.58. The van der Waals surface area contributed by atoms with Crippen molar-refractivity contribution in [2.75, 3.05) is 26.0 Å². The molecule has 10 heteroatoms. The smallest absolute Gasteiger partial charge is 0.335 e. The first-order valence-corrected chi connectivity index (χ1v) is 13.3. The van der Waals surface area contributed by atoms with Crippen LogP contribution in [-0.4, -0.2) is 60.5 Å². The number of carbonyl (C=O) groups is 1. The Morgan fingerprint density at radius 1 is 1.26 bits per heavy atom. The van der Waals surface area contributed by atoms with E-state index >= 15 is 0 Å². The van der Waals surface area contributed by atoms with E-state index in [9.17, 15) is 23.8 Å². The Bertz CT molecular complexity index is 1370. The molecule has 2 heterocycles. The van der Waals surface area contributed by atoms with Crippen molar-refractivity contribution >= 4 is 30.4 Å². The molecule has 2 unspecified atom stereocenters. The minimum atomic E-state index is -2.71. The maximum Gasteiger partial charge on any atom is 0.335 e. The molecule has 2 aromatic carbocycles. The van der Waals surface area contributed by atoms with Crippen LogP contribution >= 0.6 is 0 Å². The monoisotopic (exact) mass is 539 g/mol. The molecule has 1 spiro atoms. The van der Waals surface area contributed by atoms with Gasteiger partial charge in [-0.05, 0) is 60.6 Å². The predicted octanol–water partition coefficient (Wildman–Crippen LogP) is 5.77. The maximum atomic E-state index is 14.1. The summed E-state index contributed by atoms with van der Waals surface area (Å²) < 4.78 is 33.8. The zero-order valence-corrected chi connectivity index (χ0v) is 23.1.